The van der Waals surface area contributed by atoms with Crippen LogP contribution in [0.5, 0.6) is 5.88 Å². The van der Waals surface area contributed by atoms with E-state index in [4.69, 9.17) is 21.3 Å². The van der Waals surface area contributed by atoms with Crippen LogP contribution in [0.4, 0.5) is 0 Å². The number of benzene rings is 1. The molecule has 27 heavy (non-hydrogen) atoms. The Labute approximate surface area is 164 Å². The smallest absolute Gasteiger partial charge is 0.217 e. The average Bonchev–Trinajstić information content (AvgIpc) is 2.70. The molecule has 1 aliphatic heterocycles. The molecule has 3 aromatic rings. The molecule has 1 aromatic carbocycles. The van der Waals surface area contributed by atoms with E-state index in [-0.39, 0.29) is 0 Å². The average molecular weight is 381 g/mol. The van der Waals surface area contributed by atoms with Gasteiger partial charge in [0.05, 0.1) is 12.3 Å². The SMILES string of the molecule is CCOc1ncccc1CN1CCc2nc(-c3ccc(Cl)cc3)ncc2C1. The van der Waals surface area contributed by atoms with Crippen molar-refractivity contribution in [2.24, 2.45) is 0 Å². The van der Waals surface area contributed by atoms with Gasteiger partial charge >= 0.3 is 0 Å². The van der Waals surface area contributed by atoms with E-state index in [2.05, 4.69) is 20.9 Å². The molecular formula is C21H21ClN4O. The number of hydrogen-bond acceptors (Lipinski definition) is 5. The van der Waals surface area contributed by atoms with Gasteiger partial charge in [0.15, 0.2) is 5.82 Å². The first-order chi connectivity index (χ1) is 13.2. The number of pyridine rings is 1. The molecule has 0 atom stereocenters. The molecule has 0 spiro atoms. The third-order valence-corrected chi connectivity index (χ3v) is 4.89. The lowest BCUT2D eigenvalue weighted by atomic mass is 10.1. The number of nitrogens with zero attached hydrogens (tertiary/aromatic N) is 4. The first-order valence-corrected chi connectivity index (χ1v) is 9.50. The molecule has 1 aliphatic rings. The van der Waals surface area contributed by atoms with Crippen LogP contribution in [-0.2, 0) is 19.5 Å². The minimum atomic E-state index is 0.619. The molecule has 0 saturated carbocycles. The summed E-state index contributed by atoms with van der Waals surface area (Å²) >= 11 is 5.97. The van der Waals surface area contributed by atoms with E-state index < -0.39 is 0 Å². The summed E-state index contributed by atoms with van der Waals surface area (Å²) in [6.07, 6.45) is 4.62. The second-order valence-electron chi connectivity index (χ2n) is 6.53. The third kappa shape index (κ3) is 4.10. The number of rotatable bonds is 5. The molecule has 0 amide bonds. The van der Waals surface area contributed by atoms with Crippen molar-refractivity contribution in [3.63, 3.8) is 0 Å². The van der Waals surface area contributed by atoms with E-state index in [0.29, 0.717) is 11.6 Å². The van der Waals surface area contributed by atoms with Crippen LogP contribution < -0.4 is 4.74 Å². The zero-order chi connectivity index (χ0) is 18.6. The van der Waals surface area contributed by atoms with Gasteiger partial charge in [-0.1, -0.05) is 17.7 Å². The first-order valence-electron chi connectivity index (χ1n) is 9.12. The summed E-state index contributed by atoms with van der Waals surface area (Å²) in [5.41, 5.74) is 4.41. The van der Waals surface area contributed by atoms with Crippen molar-refractivity contribution in [2.45, 2.75) is 26.4 Å². The van der Waals surface area contributed by atoms with Crippen LogP contribution in [-0.4, -0.2) is 33.0 Å². The molecule has 0 aliphatic carbocycles. The largest absolute Gasteiger partial charge is 0.478 e. The van der Waals surface area contributed by atoms with Crippen LogP contribution in [0.15, 0.2) is 48.8 Å². The van der Waals surface area contributed by atoms with Gasteiger partial charge in [0.25, 0.3) is 0 Å². The third-order valence-electron chi connectivity index (χ3n) is 4.64. The number of aromatic nitrogens is 3. The fourth-order valence-electron chi connectivity index (χ4n) is 3.30. The quantitative estimate of drug-likeness (QED) is 0.665. The van der Waals surface area contributed by atoms with Gasteiger partial charge in [-0.05, 0) is 37.3 Å². The fourth-order valence-corrected chi connectivity index (χ4v) is 3.43. The van der Waals surface area contributed by atoms with Crippen LogP contribution in [0.3, 0.4) is 0 Å². The molecule has 3 heterocycles. The molecule has 0 radical (unpaired) electrons. The van der Waals surface area contributed by atoms with Crippen molar-refractivity contribution in [3.05, 3.63) is 70.6 Å². The monoisotopic (exact) mass is 380 g/mol. The normalized spacial score (nSPS) is 14.0. The van der Waals surface area contributed by atoms with Gasteiger partial charge in [0, 0.05) is 60.2 Å². The Morgan fingerprint density at radius 2 is 2.00 bits per heavy atom. The molecule has 0 bridgehead atoms. The molecule has 0 N–H and O–H groups in total. The number of ether oxygens (including phenoxy) is 1. The van der Waals surface area contributed by atoms with Crippen molar-refractivity contribution >= 4 is 11.6 Å². The maximum atomic E-state index is 5.97. The minimum absolute atomic E-state index is 0.619. The van der Waals surface area contributed by atoms with E-state index in [0.717, 1.165) is 54.6 Å². The highest BCUT2D eigenvalue weighted by Crippen LogP contribution is 2.24. The van der Waals surface area contributed by atoms with E-state index in [9.17, 15) is 0 Å². The predicted molar refractivity (Wildman–Crippen MR) is 106 cm³/mol. The lowest BCUT2D eigenvalue weighted by Crippen LogP contribution is -2.31. The second-order valence-corrected chi connectivity index (χ2v) is 6.97. The van der Waals surface area contributed by atoms with Gasteiger partial charge in [-0.25, -0.2) is 15.0 Å². The van der Waals surface area contributed by atoms with Crippen molar-refractivity contribution < 1.29 is 4.74 Å². The van der Waals surface area contributed by atoms with Gasteiger partial charge in [0.1, 0.15) is 0 Å². The Bertz CT molecular complexity index is 930. The molecule has 0 fully saturated rings. The highest BCUT2D eigenvalue weighted by molar-refractivity contribution is 6.30. The predicted octanol–water partition coefficient (Wildman–Crippen LogP) is 4.15. The van der Waals surface area contributed by atoms with Crippen molar-refractivity contribution in [1.29, 1.82) is 0 Å². The summed E-state index contributed by atoms with van der Waals surface area (Å²) in [6.45, 7) is 5.18. The standard InChI is InChI=1S/C21H21ClN4O/c1-2-27-21-16(4-3-10-23-21)13-26-11-9-19-17(14-26)12-24-20(25-19)15-5-7-18(22)8-6-15/h3-8,10,12H,2,9,11,13-14H2,1H3. The zero-order valence-corrected chi connectivity index (χ0v) is 16.0. The van der Waals surface area contributed by atoms with Gasteiger partial charge < -0.3 is 4.74 Å². The van der Waals surface area contributed by atoms with Crippen LogP contribution in [0, 0.1) is 0 Å². The van der Waals surface area contributed by atoms with Crippen molar-refractivity contribution in [3.8, 4) is 17.3 Å². The van der Waals surface area contributed by atoms with Crippen LogP contribution in [0.2, 0.25) is 5.02 Å². The van der Waals surface area contributed by atoms with Gasteiger partial charge in [-0.3, -0.25) is 4.90 Å². The van der Waals surface area contributed by atoms with E-state index in [1.54, 1.807) is 6.20 Å². The zero-order valence-electron chi connectivity index (χ0n) is 15.2. The number of fused-ring (bicyclic) bond motifs is 1. The maximum Gasteiger partial charge on any atom is 0.217 e. The van der Waals surface area contributed by atoms with Gasteiger partial charge in [-0.15, -0.1) is 0 Å². The lowest BCUT2D eigenvalue weighted by molar-refractivity contribution is 0.235. The van der Waals surface area contributed by atoms with Crippen LogP contribution in [0.25, 0.3) is 11.4 Å². The van der Waals surface area contributed by atoms with E-state index in [1.807, 2.05) is 43.5 Å². The minimum Gasteiger partial charge on any atom is -0.478 e. The van der Waals surface area contributed by atoms with E-state index in [1.165, 1.54) is 5.56 Å². The van der Waals surface area contributed by atoms with Gasteiger partial charge in [0.2, 0.25) is 5.88 Å². The lowest BCUT2D eigenvalue weighted by Gasteiger charge is -2.28. The Morgan fingerprint density at radius 1 is 1.15 bits per heavy atom. The molecule has 5 nitrogen and oxygen atoms in total. The Balaban J connectivity index is 1.50. The van der Waals surface area contributed by atoms with Gasteiger partial charge in [-0.2, -0.15) is 0 Å². The van der Waals surface area contributed by atoms with Crippen LogP contribution >= 0.6 is 11.6 Å². The Hall–Kier alpha value is -2.50. The molecule has 2 aromatic heterocycles. The molecule has 138 valence electrons. The number of halogens is 1. The summed E-state index contributed by atoms with van der Waals surface area (Å²) in [4.78, 5) is 16.1. The van der Waals surface area contributed by atoms with Crippen LogP contribution in [0.1, 0.15) is 23.7 Å². The first kappa shape index (κ1) is 17.9. The summed E-state index contributed by atoms with van der Waals surface area (Å²) in [7, 11) is 0. The fraction of sp³-hybridized carbons (Fsp3) is 0.286. The Kier molecular flexibility index (Phi) is 5.32. The molecule has 0 saturated heterocycles. The van der Waals surface area contributed by atoms with Crippen molar-refractivity contribution in [1.82, 2.24) is 19.9 Å². The molecule has 0 unspecified atom stereocenters. The summed E-state index contributed by atoms with van der Waals surface area (Å²) in [5, 5.41) is 0.717. The summed E-state index contributed by atoms with van der Waals surface area (Å²) < 4.78 is 5.65. The molecule has 6 heteroatoms. The topological polar surface area (TPSA) is 51.1 Å². The molecular weight excluding hydrogens is 360 g/mol. The highest BCUT2D eigenvalue weighted by atomic mass is 35.5. The maximum absolute atomic E-state index is 5.97. The summed E-state index contributed by atoms with van der Waals surface area (Å²) in [5.74, 6) is 1.48. The Morgan fingerprint density at radius 3 is 2.81 bits per heavy atom. The second kappa shape index (κ2) is 8.03. The summed E-state index contributed by atoms with van der Waals surface area (Å²) in [6, 6.07) is 11.7. The van der Waals surface area contributed by atoms with E-state index >= 15 is 0 Å². The molecule has 4 rings (SSSR count). The highest BCUT2D eigenvalue weighted by Gasteiger charge is 2.20. The van der Waals surface area contributed by atoms with Crippen molar-refractivity contribution in [2.75, 3.05) is 13.2 Å². The number of hydrogen-bond donors (Lipinski definition) is 0.